The Kier molecular flexibility index (Phi) is 18.0. The van der Waals surface area contributed by atoms with Crippen LogP contribution in [-0.4, -0.2) is 100 Å². The predicted molar refractivity (Wildman–Crippen MR) is 269 cm³/mol. The molecule has 0 aromatic heterocycles. The number of carbonyl (C=O) groups is 6. The topological polar surface area (TPSA) is 513 Å². The molecule has 0 heterocycles. The number of nitro groups is 1. The number of hydrogen-bond acceptors (Lipinski definition) is 14. The number of primary amides is 1. The molecule has 29 nitrogen and oxygen atoms in total. The predicted octanol–water partition coefficient (Wildman–Crippen LogP) is -3.55. The number of rotatable bonds is 21. The van der Waals surface area contributed by atoms with Gasteiger partial charge in [0, 0.05) is 18.7 Å². The van der Waals surface area contributed by atoms with E-state index in [0.29, 0.717) is 32.7 Å². The summed E-state index contributed by atoms with van der Waals surface area (Å²) in [6.45, 7) is -0.649. The number of nitrogens with zero attached hydrogens (tertiary/aromatic N) is 6. The highest BCUT2D eigenvalue weighted by atomic mass is 19.4. The molecule has 0 aliphatic carbocycles. The number of nitrogens with one attached hydrogen (secondary N) is 5. The molecule has 6 unspecified atom stereocenters. The molecule has 0 aliphatic rings. The van der Waals surface area contributed by atoms with Crippen molar-refractivity contribution >= 4 is 92.2 Å². The van der Waals surface area contributed by atoms with Crippen LogP contribution in [-0.2, 0) is 41.5 Å². The van der Waals surface area contributed by atoms with Gasteiger partial charge in [-0.3, -0.25) is 38.9 Å². The monoisotopic (exact) mass is 1060 g/mol. The number of non-ortho nitro benzene ring substituents is 1. The maximum absolute atomic E-state index is 14.9. The SMILES string of the molecule is NC(=O)C(N=C(N)N)NC(=O)C(N=C(N)N)NC(=O)C(N=C(N)N)NC(=O)C(N=C(N)N)NC(=O)C(NC(=O)C(O)N(Cc1cc2ccccc2c2ccccc12)c1ccc([N+](=O)[O-])cc1C(F)(F)F)c1ccccc1. The van der Waals surface area contributed by atoms with E-state index in [1.54, 1.807) is 48.5 Å². The Morgan fingerprint density at radius 2 is 1.01 bits per heavy atom. The number of carbonyl (C=O) groups excluding carboxylic acids is 6. The number of fused-ring (bicyclic) bond motifs is 3. The fourth-order valence-electron chi connectivity index (χ4n) is 7.26. The Morgan fingerprint density at radius 1 is 0.566 bits per heavy atom. The number of anilines is 1. The van der Waals surface area contributed by atoms with Gasteiger partial charge in [-0.2, -0.15) is 13.2 Å². The van der Waals surface area contributed by atoms with Crippen molar-refractivity contribution in [2.45, 2.75) is 49.7 Å². The third kappa shape index (κ3) is 14.6. The molecule has 32 heteroatoms. The van der Waals surface area contributed by atoms with E-state index >= 15 is 0 Å². The Labute approximate surface area is 426 Å². The minimum Gasteiger partial charge on any atom is -0.370 e. The summed E-state index contributed by atoms with van der Waals surface area (Å²) in [6, 6.07) is 22.1. The van der Waals surface area contributed by atoms with Crippen molar-refractivity contribution in [3.05, 3.63) is 130 Å². The normalized spacial score (nSPS) is 13.4. The van der Waals surface area contributed by atoms with Gasteiger partial charge in [0.2, 0.25) is 36.8 Å². The van der Waals surface area contributed by atoms with Crippen molar-refractivity contribution in [1.29, 1.82) is 0 Å². The van der Waals surface area contributed by atoms with Gasteiger partial charge in [0.25, 0.3) is 35.2 Å². The summed E-state index contributed by atoms with van der Waals surface area (Å²) >= 11 is 0. The lowest BCUT2D eigenvalue weighted by Gasteiger charge is -2.33. The largest absolute Gasteiger partial charge is 0.418 e. The van der Waals surface area contributed by atoms with E-state index in [1.165, 1.54) is 30.3 Å². The van der Waals surface area contributed by atoms with Gasteiger partial charge < -0.3 is 88.2 Å². The first-order valence-electron chi connectivity index (χ1n) is 21.7. The van der Waals surface area contributed by atoms with Crippen LogP contribution in [0.1, 0.15) is 22.7 Å². The highest BCUT2D eigenvalue weighted by molar-refractivity contribution is 6.09. The molecule has 24 N–H and O–H groups in total. The summed E-state index contributed by atoms with van der Waals surface area (Å²) in [5.74, 6) is -11.7. The van der Waals surface area contributed by atoms with Gasteiger partial charge in [-0.1, -0.05) is 78.9 Å². The van der Waals surface area contributed by atoms with Crippen molar-refractivity contribution in [2.24, 2.45) is 71.6 Å². The number of guanidine groups is 4. The molecule has 0 saturated heterocycles. The molecule has 400 valence electrons. The smallest absolute Gasteiger partial charge is 0.370 e. The van der Waals surface area contributed by atoms with E-state index in [9.17, 15) is 57.2 Å². The molecule has 0 fully saturated rings. The molecular weight excluding hydrogens is 1010 g/mol. The summed E-state index contributed by atoms with van der Waals surface area (Å²) in [7, 11) is 0. The van der Waals surface area contributed by atoms with E-state index in [1.807, 2.05) is 22.0 Å². The second kappa shape index (κ2) is 24.3. The maximum Gasteiger partial charge on any atom is 0.418 e. The molecule has 5 aromatic carbocycles. The molecule has 0 radical (unpaired) electrons. The summed E-state index contributed by atoms with van der Waals surface area (Å²) in [6.07, 6.45) is -16.5. The molecule has 6 atom stereocenters. The molecule has 0 saturated carbocycles. The van der Waals surface area contributed by atoms with E-state index in [2.05, 4.69) is 30.6 Å². The average Bonchev–Trinajstić information content (AvgIpc) is 3.35. The average molecular weight is 1060 g/mol. The van der Waals surface area contributed by atoms with Crippen LogP contribution >= 0.6 is 0 Å². The standard InChI is InChI=1S/C44H49F3N20O9/c45-44(46,47)26-17-22(67(75)76)14-15-27(26)66(18-21-16-20-10-4-5-11-23(20)25-13-7-6-12-24(21)25)39(74)38(73)57-28(19-8-2-1-3-9-19)34(69)59-31(63-41(51)52)36(71)61-33(65-43(55)56)37(72)60-32(64-42(53)54)35(70)58-30(29(48)68)62-40(49)50/h1-17,28,30-33,39,74H,18H2,(H2,48,68)(H,57,73)(H,58,70)(H,59,69)(H,60,72)(H,61,71)(H4,49,50,62)(H4,51,52,63)(H4,53,54,64)(H4,55,56,65). The van der Waals surface area contributed by atoms with Crippen LogP contribution in [0.25, 0.3) is 21.5 Å². The molecule has 0 spiro atoms. The number of benzene rings is 5. The lowest BCUT2D eigenvalue weighted by atomic mass is 9.96. The fourth-order valence-corrected chi connectivity index (χ4v) is 7.26. The number of nitro benzene ring substituents is 1. The molecule has 5 aromatic rings. The van der Waals surface area contributed by atoms with Gasteiger partial charge in [-0.05, 0) is 44.8 Å². The van der Waals surface area contributed by atoms with Gasteiger partial charge in [-0.25, -0.2) is 20.0 Å². The fraction of sp³-hybridized carbons (Fsp3) is 0.182. The quantitative estimate of drug-likeness (QED) is 0.00845. The first-order chi connectivity index (χ1) is 35.7. The highest BCUT2D eigenvalue weighted by Crippen LogP contribution is 2.41. The van der Waals surface area contributed by atoms with Crippen LogP contribution in [0.5, 0.6) is 0 Å². The second-order valence-electron chi connectivity index (χ2n) is 15.9. The highest BCUT2D eigenvalue weighted by Gasteiger charge is 2.40. The molecule has 5 rings (SSSR count). The Balaban J connectivity index is 1.51. The Morgan fingerprint density at radius 3 is 1.50 bits per heavy atom. The Hall–Kier alpha value is -10.5. The summed E-state index contributed by atoms with van der Waals surface area (Å²) < 4.78 is 44.7. The second-order valence-corrected chi connectivity index (χ2v) is 15.9. The van der Waals surface area contributed by atoms with Crippen LogP contribution in [0, 0.1) is 10.1 Å². The van der Waals surface area contributed by atoms with Crippen molar-refractivity contribution in [3.8, 4) is 0 Å². The number of nitrogens with two attached hydrogens (primary N) is 9. The lowest BCUT2D eigenvalue weighted by Crippen LogP contribution is -2.58. The third-order valence-corrected chi connectivity index (χ3v) is 10.5. The molecule has 0 bridgehead atoms. The molecule has 6 amide bonds. The van der Waals surface area contributed by atoms with Crippen LogP contribution < -0.4 is 83.1 Å². The number of hydrogen-bond donors (Lipinski definition) is 15. The summed E-state index contributed by atoms with van der Waals surface area (Å²) in [5, 5.41) is 36.6. The number of aliphatic imine (C=N–C) groups is 4. The zero-order valence-electron chi connectivity index (χ0n) is 39.2. The molecular formula is C44H49F3N20O9. The summed E-state index contributed by atoms with van der Waals surface area (Å²) in [5.41, 5.74) is 45.6. The van der Waals surface area contributed by atoms with E-state index in [4.69, 9.17) is 51.6 Å². The van der Waals surface area contributed by atoms with Gasteiger partial charge in [0.05, 0.1) is 16.2 Å². The number of aliphatic hydroxyl groups is 1. The molecule has 76 heavy (non-hydrogen) atoms. The zero-order chi connectivity index (χ0) is 56.2. The minimum absolute atomic E-state index is 0.0666. The van der Waals surface area contributed by atoms with Crippen molar-refractivity contribution in [1.82, 2.24) is 26.6 Å². The van der Waals surface area contributed by atoms with Crippen molar-refractivity contribution in [2.75, 3.05) is 4.90 Å². The van der Waals surface area contributed by atoms with Gasteiger partial charge in [0.15, 0.2) is 23.8 Å². The minimum atomic E-state index is -5.30. The first-order valence-corrected chi connectivity index (χ1v) is 21.7. The van der Waals surface area contributed by atoms with Gasteiger partial charge in [-0.15, -0.1) is 0 Å². The van der Waals surface area contributed by atoms with Gasteiger partial charge >= 0.3 is 6.18 Å². The van der Waals surface area contributed by atoms with Crippen molar-refractivity contribution in [3.63, 3.8) is 0 Å². The van der Waals surface area contributed by atoms with Crippen LogP contribution in [0.4, 0.5) is 24.5 Å². The Bertz CT molecular complexity index is 3160. The van der Waals surface area contributed by atoms with E-state index in [0.717, 1.165) is 11.5 Å². The van der Waals surface area contributed by atoms with E-state index < -0.39 is 131 Å². The van der Waals surface area contributed by atoms with Crippen molar-refractivity contribution < 1.29 is 52.0 Å². The van der Waals surface area contributed by atoms with E-state index in [-0.39, 0.29) is 11.6 Å². The number of halogens is 3. The maximum atomic E-state index is 14.9. The summed E-state index contributed by atoms with van der Waals surface area (Å²) in [4.78, 5) is 107. The van der Waals surface area contributed by atoms with Crippen LogP contribution in [0.15, 0.2) is 123 Å². The number of alkyl halides is 3. The number of aliphatic hydroxyl groups excluding tert-OH is 1. The van der Waals surface area contributed by atoms with Gasteiger partial charge in [0.1, 0.15) is 6.04 Å². The zero-order valence-corrected chi connectivity index (χ0v) is 39.2. The van der Waals surface area contributed by atoms with Crippen LogP contribution in [0.2, 0.25) is 0 Å². The van der Waals surface area contributed by atoms with Crippen LogP contribution in [0.3, 0.4) is 0 Å². The lowest BCUT2D eigenvalue weighted by molar-refractivity contribution is -0.385. The number of amides is 6. The first kappa shape index (κ1) is 56.4. The third-order valence-electron chi connectivity index (χ3n) is 10.5. The molecule has 0 aliphatic heterocycles.